The molecular weight excluding hydrogens is 740 g/mol. The SMILES string of the molecule is CC1(C)CC[C@]2(C(=O)O[C@@H]3O[C@H](CO)[C@@H](O)[C@H](O)[C@H]3O)CC[C@]3(C)C(=CC[C@@H]4[C@@]5(C)C[C@@H](O)[C@H](O)[C@@](C)(COC(=O)c6cc(O)c(O)c(O)c6)[C@@H]5CC[C@]43C)[C@@H]2C1. The van der Waals surface area contributed by atoms with Gasteiger partial charge in [-0.25, -0.2) is 4.79 Å². The molecule has 1 aliphatic heterocycles. The Morgan fingerprint density at radius 2 is 1.47 bits per heavy atom. The van der Waals surface area contributed by atoms with E-state index in [2.05, 4.69) is 40.7 Å². The lowest BCUT2D eigenvalue weighted by molar-refractivity contribution is -0.297. The third-order valence-corrected chi connectivity index (χ3v) is 16.7. The summed E-state index contributed by atoms with van der Waals surface area (Å²) in [5, 5.41) is 94.2. The van der Waals surface area contributed by atoms with Crippen molar-refractivity contribution in [2.24, 2.45) is 50.2 Å². The molecule has 0 unspecified atom stereocenters. The maximum absolute atomic E-state index is 14.6. The highest BCUT2D eigenvalue weighted by Gasteiger charge is 2.71. The number of ether oxygens (including phenoxy) is 3. The van der Waals surface area contributed by atoms with E-state index < -0.39 is 95.0 Å². The number of aliphatic hydroxyl groups is 6. The Morgan fingerprint density at radius 3 is 2.12 bits per heavy atom. The van der Waals surface area contributed by atoms with Crippen molar-refractivity contribution in [1.29, 1.82) is 0 Å². The number of carbonyl (C=O) groups excluding carboxylic acids is 2. The number of aromatic hydroxyl groups is 3. The van der Waals surface area contributed by atoms with Crippen molar-refractivity contribution in [2.75, 3.05) is 13.2 Å². The highest BCUT2D eigenvalue weighted by atomic mass is 16.7. The van der Waals surface area contributed by atoms with Crippen LogP contribution in [0.25, 0.3) is 0 Å². The van der Waals surface area contributed by atoms with E-state index >= 15 is 0 Å². The Hall–Kier alpha value is -2.98. The summed E-state index contributed by atoms with van der Waals surface area (Å²) in [6.07, 6.45) is -2.04. The van der Waals surface area contributed by atoms with Crippen molar-refractivity contribution in [3.8, 4) is 17.2 Å². The standard InChI is InChI=1S/C43H62O14/c1-38(2)11-13-43(37(54)57-36-33(51)32(50)31(49)27(19-44)56-36)14-12-41(5)22(23(43)17-38)7-8-29-39(3)18-26(47)34(52)40(4,28(39)9-10-42(29,41)6)20-55-35(53)21-15-24(45)30(48)25(46)16-21/h7,15-16,23,26-29,31-34,36,44-52H,8-14,17-20H2,1-6H3/t23-,26+,27+,28+,29+,31+,32-,33+,34-,36-,39-,40-,41+,42+,43-/m0/s1. The lowest BCUT2D eigenvalue weighted by atomic mass is 9.33. The maximum atomic E-state index is 14.6. The zero-order chi connectivity index (χ0) is 41.8. The van der Waals surface area contributed by atoms with Crippen LogP contribution in [0, 0.1) is 50.2 Å². The second-order valence-electron chi connectivity index (χ2n) is 20.1. The van der Waals surface area contributed by atoms with Crippen molar-refractivity contribution < 1.29 is 69.8 Å². The molecule has 0 bridgehead atoms. The highest BCUT2D eigenvalue weighted by Crippen LogP contribution is 2.76. The van der Waals surface area contributed by atoms with Crippen molar-refractivity contribution in [3.05, 3.63) is 29.3 Å². The summed E-state index contributed by atoms with van der Waals surface area (Å²) in [5.41, 5.74) is -2.19. The minimum atomic E-state index is -1.70. The van der Waals surface area contributed by atoms with Gasteiger partial charge in [0, 0.05) is 5.41 Å². The molecule has 1 heterocycles. The first-order valence-electron chi connectivity index (χ1n) is 20.5. The third-order valence-electron chi connectivity index (χ3n) is 16.7. The van der Waals surface area contributed by atoms with Crippen LogP contribution >= 0.6 is 0 Å². The molecule has 9 N–H and O–H groups in total. The van der Waals surface area contributed by atoms with E-state index in [0.29, 0.717) is 38.5 Å². The number of rotatable bonds is 6. The van der Waals surface area contributed by atoms with Gasteiger partial charge in [0.1, 0.15) is 24.4 Å². The van der Waals surface area contributed by atoms with Gasteiger partial charge in [0.15, 0.2) is 17.2 Å². The van der Waals surface area contributed by atoms with Gasteiger partial charge in [-0.2, -0.15) is 0 Å². The van der Waals surface area contributed by atoms with Crippen LogP contribution in [-0.4, -0.2) is 114 Å². The largest absolute Gasteiger partial charge is 0.504 e. The summed E-state index contributed by atoms with van der Waals surface area (Å²) >= 11 is 0. The summed E-state index contributed by atoms with van der Waals surface area (Å²) in [4.78, 5) is 27.8. The predicted molar refractivity (Wildman–Crippen MR) is 202 cm³/mol. The summed E-state index contributed by atoms with van der Waals surface area (Å²) in [6.45, 7) is 12.2. The number of benzene rings is 1. The zero-order valence-electron chi connectivity index (χ0n) is 33.8. The molecule has 14 heteroatoms. The number of hydrogen-bond acceptors (Lipinski definition) is 14. The smallest absolute Gasteiger partial charge is 0.338 e. The Kier molecular flexibility index (Phi) is 10.4. The van der Waals surface area contributed by atoms with Gasteiger partial charge in [0.2, 0.25) is 6.29 Å². The molecule has 57 heavy (non-hydrogen) atoms. The van der Waals surface area contributed by atoms with Crippen molar-refractivity contribution in [1.82, 2.24) is 0 Å². The topological polar surface area (TPSA) is 244 Å². The van der Waals surface area contributed by atoms with Crippen LogP contribution in [0.2, 0.25) is 0 Å². The van der Waals surface area contributed by atoms with Crippen LogP contribution in [0.3, 0.4) is 0 Å². The average Bonchev–Trinajstić information content (AvgIpc) is 3.15. The molecule has 6 aliphatic rings. The van der Waals surface area contributed by atoms with E-state index in [1.807, 2.05) is 6.92 Å². The van der Waals surface area contributed by atoms with E-state index in [0.717, 1.165) is 31.4 Å². The lowest BCUT2D eigenvalue weighted by Gasteiger charge is -2.71. The van der Waals surface area contributed by atoms with Gasteiger partial charge >= 0.3 is 11.9 Å². The molecule has 0 radical (unpaired) electrons. The molecule has 15 atom stereocenters. The minimum absolute atomic E-state index is 0.0471. The number of phenols is 3. The van der Waals surface area contributed by atoms with Gasteiger partial charge in [0.05, 0.1) is 36.4 Å². The van der Waals surface area contributed by atoms with Gasteiger partial charge in [-0.15, -0.1) is 0 Å². The number of allylic oxidation sites excluding steroid dienone is 2. The Labute approximate surface area is 333 Å². The Morgan fingerprint density at radius 1 is 0.825 bits per heavy atom. The fourth-order valence-electron chi connectivity index (χ4n) is 13.2. The number of phenolic OH excluding ortho intramolecular Hbond substituents is 3. The minimum Gasteiger partial charge on any atom is -0.504 e. The first kappa shape index (κ1) is 42.2. The maximum Gasteiger partial charge on any atom is 0.338 e. The van der Waals surface area contributed by atoms with Gasteiger partial charge < -0.3 is 60.2 Å². The van der Waals surface area contributed by atoms with Crippen LogP contribution in [0.4, 0.5) is 0 Å². The van der Waals surface area contributed by atoms with E-state index in [1.165, 1.54) is 5.57 Å². The molecule has 318 valence electrons. The average molecular weight is 803 g/mol. The molecule has 0 aromatic heterocycles. The molecule has 5 aliphatic carbocycles. The molecule has 1 saturated heterocycles. The zero-order valence-corrected chi connectivity index (χ0v) is 33.8. The molecule has 1 aromatic rings. The number of fused-ring (bicyclic) bond motifs is 7. The van der Waals surface area contributed by atoms with Gasteiger partial charge in [0.25, 0.3) is 0 Å². The summed E-state index contributed by atoms with van der Waals surface area (Å²) in [6, 6.07) is 1.99. The van der Waals surface area contributed by atoms with E-state index in [4.69, 9.17) is 14.2 Å². The summed E-state index contributed by atoms with van der Waals surface area (Å²) in [5.74, 6) is -3.81. The van der Waals surface area contributed by atoms with Crippen LogP contribution in [0.15, 0.2) is 23.8 Å². The first-order chi connectivity index (χ1) is 26.5. The number of esters is 2. The molecule has 5 fully saturated rings. The normalized spacial score (nSPS) is 46.3. The summed E-state index contributed by atoms with van der Waals surface area (Å²) < 4.78 is 17.3. The van der Waals surface area contributed by atoms with Gasteiger partial charge in [-0.3, -0.25) is 4.79 Å². The van der Waals surface area contributed by atoms with Crippen LogP contribution in [0.5, 0.6) is 17.2 Å². The fraction of sp³-hybridized carbons (Fsp3) is 0.767. The predicted octanol–water partition coefficient (Wildman–Crippen LogP) is 3.42. The van der Waals surface area contributed by atoms with Crippen molar-refractivity contribution in [3.63, 3.8) is 0 Å². The molecule has 14 nitrogen and oxygen atoms in total. The van der Waals surface area contributed by atoms with Crippen molar-refractivity contribution in [2.45, 2.75) is 142 Å². The Bertz CT molecular complexity index is 1770. The molecular formula is C43H62O14. The van der Waals surface area contributed by atoms with E-state index in [9.17, 15) is 55.5 Å². The van der Waals surface area contributed by atoms with E-state index in [-0.39, 0.29) is 46.2 Å². The molecule has 0 amide bonds. The van der Waals surface area contributed by atoms with Crippen molar-refractivity contribution >= 4 is 11.9 Å². The first-order valence-corrected chi connectivity index (χ1v) is 20.5. The number of hydrogen-bond donors (Lipinski definition) is 9. The van der Waals surface area contributed by atoms with E-state index in [1.54, 1.807) is 0 Å². The van der Waals surface area contributed by atoms with Gasteiger partial charge in [-0.1, -0.05) is 53.2 Å². The van der Waals surface area contributed by atoms with Crippen LogP contribution in [-0.2, 0) is 19.0 Å². The number of aliphatic hydroxyl groups excluding tert-OH is 6. The van der Waals surface area contributed by atoms with Gasteiger partial charge in [-0.05, 0) is 109 Å². The lowest BCUT2D eigenvalue weighted by Crippen LogP contribution is -2.68. The highest BCUT2D eigenvalue weighted by molar-refractivity contribution is 5.91. The Balaban J connectivity index is 1.19. The molecule has 0 spiro atoms. The van der Waals surface area contributed by atoms with Crippen LogP contribution < -0.4 is 0 Å². The third kappa shape index (κ3) is 6.21. The molecule has 1 aromatic carbocycles. The summed E-state index contributed by atoms with van der Waals surface area (Å²) in [7, 11) is 0. The number of carbonyl (C=O) groups is 2. The second-order valence-corrected chi connectivity index (χ2v) is 20.1. The quantitative estimate of drug-likeness (QED) is 0.114. The second kappa shape index (κ2) is 14.1. The fourth-order valence-corrected chi connectivity index (χ4v) is 13.2. The molecule has 7 rings (SSSR count). The van der Waals surface area contributed by atoms with Crippen LogP contribution in [0.1, 0.15) is 110 Å². The molecule has 4 saturated carbocycles. The monoisotopic (exact) mass is 802 g/mol.